The lowest BCUT2D eigenvalue weighted by Gasteiger charge is -2.29. The monoisotopic (exact) mass is 500 g/mol. The predicted octanol–water partition coefficient (Wildman–Crippen LogP) is 7.61. The van der Waals surface area contributed by atoms with Crippen molar-refractivity contribution in [2.24, 2.45) is 5.11 Å². The molecule has 0 saturated carbocycles. The molecule has 0 aliphatic carbocycles. The topological polar surface area (TPSA) is 50.6 Å². The molecule has 5 aromatic carbocycles. The van der Waals surface area contributed by atoms with Crippen LogP contribution in [0.15, 0.2) is 133 Å². The standard InChI is InChI=1S/C33H27FN3O/c1-38-31-22-30-28(21-29(31)35)32(23-12-11-19-27(34)20-23)36-37(30)33(24-13-5-2-6-14-24,25-15-7-3-8-16-25)26-17-9-4-10-18-26/h2-22,32H,35H2,1H3/q+1. The van der Waals surface area contributed by atoms with Crippen LogP contribution in [-0.2, 0) is 5.54 Å². The van der Waals surface area contributed by atoms with Gasteiger partial charge >= 0.3 is 0 Å². The first-order valence-electron chi connectivity index (χ1n) is 12.5. The van der Waals surface area contributed by atoms with Crippen LogP contribution in [0.5, 0.6) is 5.75 Å². The van der Waals surface area contributed by atoms with Crippen LogP contribution in [0, 0.1) is 5.82 Å². The number of nitrogen functional groups attached to an aromatic ring is 1. The van der Waals surface area contributed by atoms with Crippen LogP contribution in [-0.4, -0.2) is 11.8 Å². The number of anilines is 1. The molecule has 0 aromatic heterocycles. The summed E-state index contributed by atoms with van der Waals surface area (Å²) in [5.74, 6) is 0.256. The molecule has 0 bridgehead atoms. The fourth-order valence-corrected chi connectivity index (χ4v) is 5.52. The van der Waals surface area contributed by atoms with E-state index < -0.39 is 11.6 Å². The van der Waals surface area contributed by atoms with Gasteiger partial charge in [0, 0.05) is 16.7 Å². The number of benzene rings is 5. The Hall–Kier alpha value is -4.77. The van der Waals surface area contributed by atoms with E-state index in [1.807, 2.05) is 72.8 Å². The molecule has 186 valence electrons. The van der Waals surface area contributed by atoms with Gasteiger partial charge in [-0.15, -0.1) is 0 Å². The summed E-state index contributed by atoms with van der Waals surface area (Å²) in [6.45, 7) is 0. The summed E-state index contributed by atoms with van der Waals surface area (Å²) in [5.41, 5.74) is 11.7. The Morgan fingerprint density at radius 1 is 0.737 bits per heavy atom. The second kappa shape index (κ2) is 9.60. The third kappa shape index (κ3) is 3.75. The highest BCUT2D eigenvalue weighted by Gasteiger charge is 2.54. The lowest BCUT2D eigenvalue weighted by Crippen LogP contribution is -2.38. The van der Waals surface area contributed by atoms with E-state index in [0.717, 1.165) is 33.5 Å². The molecule has 5 heteroatoms. The first-order valence-corrected chi connectivity index (χ1v) is 12.5. The van der Waals surface area contributed by atoms with E-state index >= 15 is 0 Å². The van der Waals surface area contributed by atoms with Crippen LogP contribution >= 0.6 is 0 Å². The van der Waals surface area contributed by atoms with Crippen molar-refractivity contribution in [3.8, 4) is 5.75 Å². The van der Waals surface area contributed by atoms with Gasteiger partial charge in [0.05, 0.1) is 24.4 Å². The van der Waals surface area contributed by atoms with E-state index in [9.17, 15) is 4.39 Å². The summed E-state index contributed by atoms with van der Waals surface area (Å²) >= 11 is 0. The Morgan fingerprint density at radius 2 is 1.29 bits per heavy atom. The van der Waals surface area contributed by atoms with Gasteiger partial charge in [-0.3, -0.25) is 0 Å². The smallest absolute Gasteiger partial charge is 0.269 e. The quantitative estimate of drug-likeness (QED) is 0.148. The van der Waals surface area contributed by atoms with Gasteiger partial charge < -0.3 is 10.5 Å². The van der Waals surface area contributed by atoms with Gasteiger partial charge in [0.2, 0.25) is 5.69 Å². The average molecular weight is 501 g/mol. The Balaban J connectivity index is 1.75. The van der Waals surface area contributed by atoms with Crippen LogP contribution in [0.4, 0.5) is 15.8 Å². The van der Waals surface area contributed by atoms with Crippen LogP contribution < -0.4 is 10.5 Å². The number of halogens is 1. The molecule has 1 aliphatic rings. The van der Waals surface area contributed by atoms with E-state index in [2.05, 4.69) is 41.1 Å². The van der Waals surface area contributed by atoms with E-state index in [1.165, 1.54) is 12.1 Å². The highest BCUT2D eigenvalue weighted by Crippen LogP contribution is 2.52. The Morgan fingerprint density at radius 3 is 1.79 bits per heavy atom. The number of rotatable bonds is 6. The van der Waals surface area contributed by atoms with Crippen molar-refractivity contribution in [1.29, 1.82) is 0 Å². The molecule has 1 atom stereocenters. The van der Waals surface area contributed by atoms with Gasteiger partial charge in [-0.2, -0.15) is 0 Å². The number of azo groups is 2. The minimum Gasteiger partial charge on any atom is -0.494 e. The van der Waals surface area contributed by atoms with Crippen LogP contribution in [0.25, 0.3) is 0 Å². The lowest BCUT2D eigenvalue weighted by molar-refractivity contribution is -0.578. The van der Waals surface area contributed by atoms with Gasteiger partial charge in [-0.05, 0) is 28.9 Å². The number of hydrogen-bond donors (Lipinski definition) is 1. The van der Waals surface area contributed by atoms with Crippen molar-refractivity contribution in [3.63, 3.8) is 0 Å². The molecular weight excluding hydrogens is 473 g/mol. The first kappa shape index (κ1) is 23.6. The minimum absolute atomic E-state index is 0.306. The first-order chi connectivity index (χ1) is 18.6. The molecule has 0 radical (unpaired) electrons. The van der Waals surface area contributed by atoms with Gasteiger partial charge in [0.25, 0.3) is 5.54 Å². The van der Waals surface area contributed by atoms with Crippen molar-refractivity contribution in [2.45, 2.75) is 11.6 Å². The molecule has 5 aromatic rings. The Labute approximate surface area is 221 Å². The van der Waals surface area contributed by atoms with Crippen LogP contribution in [0.1, 0.15) is 33.9 Å². The van der Waals surface area contributed by atoms with E-state index in [-0.39, 0.29) is 5.82 Å². The molecular formula is C33H27FN3O+. The Kier molecular flexibility index (Phi) is 5.97. The normalized spacial score (nSPS) is 14.6. The molecule has 0 saturated heterocycles. The summed E-state index contributed by atoms with van der Waals surface area (Å²) in [6, 6.07) is 41.0. The highest BCUT2D eigenvalue weighted by atomic mass is 19.1. The third-order valence-electron chi connectivity index (χ3n) is 7.19. The number of nitrogens with zero attached hydrogens (tertiary/aromatic N) is 2. The number of nitrogens with two attached hydrogens (primary N) is 1. The van der Waals surface area contributed by atoms with Crippen molar-refractivity contribution >= 4 is 11.4 Å². The van der Waals surface area contributed by atoms with Crippen molar-refractivity contribution in [3.05, 3.63) is 161 Å². The van der Waals surface area contributed by atoms with Gasteiger partial charge in [-0.1, -0.05) is 108 Å². The maximum absolute atomic E-state index is 14.4. The molecule has 1 unspecified atom stereocenters. The van der Waals surface area contributed by atoms with E-state index in [4.69, 9.17) is 15.6 Å². The Bertz CT molecular complexity index is 1520. The number of hydrogen-bond acceptors (Lipinski definition) is 3. The summed E-state index contributed by atoms with van der Waals surface area (Å²) in [4.78, 5) is 0. The average Bonchev–Trinajstić information content (AvgIpc) is 3.33. The molecule has 0 fully saturated rings. The second-order valence-corrected chi connectivity index (χ2v) is 9.35. The van der Waals surface area contributed by atoms with E-state index in [1.54, 1.807) is 13.2 Å². The highest BCUT2D eigenvalue weighted by molar-refractivity contribution is 5.65. The molecule has 4 nitrogen and oxygen atoms in total. The molecule has 6 rings (SSSR count). The van der Waals surface area contributed by atoms with Gasteiger partial charge in [-0.25, -0.2) is 4.39 Å². The maximum atomic E-state index is 14.4. The van der Waals surface area contributed by atoms with Gasteiger partial charge in [0.1, 0.15) is 11.6 Å². The molecule has 1 heterocycles. The van der Waals surface area contributed by atoms with Crippen molar-refractivity contribution in [1.82, 2.24) is 0 Å². The summed E-state index contributed by atoms with van der Waals surface area (Å²) < 4.78 is 22.1. The van der Waals surface area contributed by atoms with Crippen LogP contribution in [0.3, 0.4) is 0 Å². The lowest BCUT2D eigenvalue weighted by atomic mass is 9.76. The molecule has 2 N–H and O–H groups in total. The van der Waals surface area contributed by atoms with E-state index in [0.29, 0.717) is 11.4 Å². The molecule has 0 amide bonds. The fourth-order valence-electron chi connectivity index (χ4n) is 5.52. The van der Waals surface area contributed by atoms with Crippen molar-refractivity contribution in [2.75, 3.05) is 12.8 Å². The zero-order valence-corrected chi connectivity index (χ0v) is 21.0. The molecule has 38 heavy (non-hydrogen) atoms. The zero-order valence-electron chi connectivity index (χ0n) is 21.0. The fraction of sp³-hybridized carbons (Fsp3) is 0.0909. The third-order valence-corrected chi connectivity index (χ3v) is 7.19. The summed E-state index contributed by atoms with van der Waals surface area (Å²) in [6.07, 6.45) is 0. The number of ether oxygens (including phenoxy) is 1. The zero-order chi connectivity index (χ0) is 26.1. The summed E-state index contributed by atoms with van der Waals surface area (Å²) in [5, 5.41) is 5.34. The predicted molar refractivity (Wildman–Crippen MR) is 147 cm³/mol. The van der Waals surface area contributed by atoms with Gasteiger partial charge in [0.15, 0.2) is 6.04 Å². The minimum atomic E-state index is -0.832. The SMILES string of the molecule is COc1cc2c(cc1N)C(c1cccc(F)c1)N=[N+]2C(c1ccccc1)(c1ccccc1)c1ccccc1. The molecule has 0 spiro atoms. The number of fused-ring (bicyclic) bond motifs is 1. The second-order valence-electron chi connectivity index (χ2n) is 9.35. The summed E-state index contributed by atoms with van der Waals surface area (Å²) in [7, 11) is 1.61. The molecule has 1 aliphatic heterocycles. The maximum Gasteiger partial charge on any atom is 0.269 e. The number of methoxy groups -OCH3 is 1. The van der Waals surface area contributed by atoms with Crippen LogP contribution in [0.2, 0.25) is 0 Å². The van der Waals surface area contributed by atoms with Crippen molar-refractivity contribution < 1.29 is 13.8 Å². The largest absolute Gasteiger partial charge is 0.494 e.